The first-order valence-corrected chi connectivity index (χ1v) is 12.4. The Labute approximate surface area is 191 Å². The number of thiazole rings is 1. The number of amides is 1. The number of benzene rings is 2. The number of nitrogens with one attached hydrogen (secondary N) is 1. The highest BCUT2D eigenvalue weighted by atomic mass is 32.2. The lowest BCUT2D eigenvalue weighted by Crippen LogP contribution is -2.15. The number of carbonyl (C=O) groups excluding carboxylic acids is 1. The lowest BCUT2D eigenvalue weighted by molar-refractivity contribution is 0.102. The Bertz CT molecular complexity index is 1600. The molecule has 0 aliphatic carbocycles. The topological polar surface area (TPSA) is 98.9 Å². The van der Waals surface area contributed by atoms with Crippen LogP contribution < -0.4 is 5.32 Å². The highest BCUT2D eigenvalue weighted by Crippen LogP contribution is 2.29. The summed E-state index contributed by atoms with van der Waals surface area (Å²) in [6.07, 6.45) is 5.96. The van der Waals surface area contributed by atoms with Crippen molar-refractivity contribution in [2.24, 2.45) is 0 Å². The van der Waals surface area contributed by atoms with Crippen molar-refractivity contribution < 1.29 is 17.6 Å². The molecule has 0 radical (unpaired) electrons. The van der Waals surface area contributed by atoms with E-state index in [0.29, 0.717) is 21.2 Å². The van der Waals surface area contributed by atoms with Gasteiger partial charge in [0.1, 0.15) is 17.1 Å². The van der Waals surface area contributed by atoms with Crippen molar-refractivity contribution in [1.29, 1.82) is 0 Å². The molecule has 0 fully saturated rings. The van der Waals surface area contributed by atoms with Gasteiger partial charge in [0, 0.05) is 18.6 Å². The first-order chi connectivity index (χ1) is 15.8. The summed E-state index contributed by atoms with van der Waals surface area (Å²) in [6, 6.07) is 14.3. The van der Waals surface area contributed by atoms with Crippen LogP contribution in [0.2, 0.25) is 0 Å². The summed E-state index contributed by atoms with van der Waals surface area (Å²) in [6.45, 7) is 0. The van der Waals surface area contributed by atoms with E-state index in [-0.39, 0.29) is 16.1 Å². The predicted octanol–water partition coefficient (Wildman–Crippen LogP) is 4.07. The number of halogens is 1. The van der Waals surface area contributed by atoms with E-state index < -0.39 is 21.6 Å². The number of nitrogens with zero attached hydrogens (tertiary/aromatic N) is 4. The quantitative estimate of drug-likeness (QED) is 0.408. The molecule has 3 heterocycles. The molecule has 0 aliphatic heterocycles. The Morgan fingerprint density at radius 2 is 1.85 bits per heavy atom. The average molecular weight is 482 g/mol. The molecule has 0 aliphatic rings. The van der Waals surface area contributed by atoms with Crippen LogP contribution in [-0.4, -0.2) is 39.9 Å². The Kier molecular flexibility index (Phi) is 5.06. The molecular formula is C22H16FN5O3S2. The Morgan fingerprint density at radius 1 is 1.09 bits per heavy atom. The second-order valence-electron chi connectivity index (χ2n) is 7.21. The smallest absolute Gasteiger partial charge is 0.262 e. The van der Waals surface area contributed by atoms with Gasteiger partial charge in [-0.05, 0) is 42.5 Å². The molecule has 11 heteroatoms. The van der Waals surface area contributed by atoms with Gasteiger partial charge in [0.05, 0.1) is 21.3 Å². The van der Waals surface area contributed by atoms with Gasteiger partial charge in [-0.15, -0.1) is 0 Å². The van der Waals surface area contributed by atoms with Gasteiger partial charge in [-0.25, -0.2) is 22.5 Å². The summed E-state index contributed by atoms with van der Waals surface area (Å²) >= 11 is 1.16. The zero-order valence-electron chi connectivity index (χ0n) is 17.1. The van der Waals surface area contributed by atoms with Crippen LogP contribution in [0.4, 0.5) is 9.52 Å². The van der Waals surface area contributed by atoms with Crippen LogP contribution in [0.1, 0.15) is 10.4 Å². The molecular weight excluding hydrogens is 465 g/mol. The van der Waals surface area contributed by atoms with Gasteiger partial charge in [-0.3, -0.25) is 10.1 Å². The standard InChI is InChI=1S/C22H16FN5O3S2/c1-33(30,31)14-8-9-17-19(12-14)32-22(25-17)26-20(29)15-13-24-28(18-7-3-2-6-16(18)23)21(15)27-10-4-5-11-27/h2-13H,1H3,(H,25,26,29). The summed E-state index contributed by atoms with van der Waals surface area (Å²) in [7, 11) is -3.36. The predicted molar refractivity (Wildman–Crippen MR) is 124 cm³/mol. The third-order valence-corrected chi connectivity index (χ3v) is 6.97. The molecule has 8 nitrogen and oxygen atoms in total. The molecule has 5 rings (SSSR count). The maximum atomic E-state index is 14.5. The molecule has 0 saturated heterocycles. The molecule has 0 spiro atoms. The number of rotatable bonds is 5. The largest absolute Gasteiger partial charge is 0.308 e. The van der Waals surface area contributed by atoms with Gasteiger partial charge < -0.3 is 4.57 Å². The third-order valence-electron chi connectivity index (χ3n) is 4.93. The highest BCUT2D eigenvalue weighted by Gasteiger charge is 2.22. The number of sulfone groups is 1. The van der Waals surface area contributed by atoms with Gasteiger partial charge in [-0.1, -0.05) is 23.5 Å². The maximum absolute atomic E-state index is 14.5. The molecule has 0 atom stereocenters. The van der Waals surface area contributed by atoms with E-state index in [1.54, 1.807) is 53.4 Å². The summed E-state index contributed by atoms with van der Waals surface area (Å²) in [5, 5.41) is 7.31. The minimum atomic E-state index is -3.36. The third kappa shape index (κ3) is 3.92. The summed E-state index contributed by atoms with van der Waals surface area (Å²) < 4.78 is 41.8. The van der Waals surface area contributed by atoms with Crippen molar-refractivity contribution in [2.75, 3.05) is 11.6 Å². The maximum Gasteiger partial charge on any atom is 0.262 e. The first-order valence-electron chi connectivity index (χ1n) is 9.69. The van der Waals surface area contributed by atoms with E-state index >= 15 is 0 Å². The van der Waals surface area contributed by atoms with Crippen molar-refractivity contribution >= 4 is 42.4 Å². The fraction of sp³-hybridized carbons (Fsp3) is 0.0455. The second kappa shape index (κ2) is 7.94. The molecule has 0 saturated carbocycles. The lowest BCUT2D eigenvalue weighted by atomic mass is 10.2. The highest BCUT2D eigenvalue weighted by molar-refractivity contribution is 7.90. The van der Waals surface area contributed by atoms with Crippen LogP contribution in [0, 0.1) is 5.82 Å². The lowest BCUT2D eigenvalue weighted by Gasteiger charge is -2.11. The van der Waals surface area contributed by atoms with Crippen LogP contribution in [-0.2, 0) is 9.84 Å². The van der Waals surface area contributed by atoms with Crippen LogP contribution in [0.5, 0.6) is 0 Å². The van der Waals surface area contributed by atoms with Crippen molar-refractivity contribution in [3.63, 3.8) is 0 Å². The number of anilines is 1. The van der Waals surface area contributed by atoms with Crippen LogP contribution in [0.25, 0.3) is 21.7 Å². The molecule has 3 aromatic heterocycles. The molecule has 33 heavy (non-hydrogen) atoms. The summed E-state index contributed by atoms with van der Waals surface area (Å²) in [5.74, 6) is -0.597. The van der Waals surface area contributed by atoms with E-state index in [4.69, 9.17) is 0 Å². The number of hydrogen-bond acceptors (Lipinski definition) is 6. The first kappa shape index (κ1) is 21.0. The van der Waals surface area contributed by atoms with E-state index in [2.05, 4.69) is 15.4 Å². The van der Waals surface area contributed by atoms with E-state index in [1.807, 2.05) is 0 Å². The van der Waals surface area contributed by atoms with Gasteiger partial charge in [0.25, 0.3) is 5.91 Å². The van der Waals surface area contributed by atoms with Gasteiger partial charge >= 0.3 is 0 Å². The average Bonchev–Trinajstić information content (AvgIpc) is 3.51. The Hall–Kier alpha value is -3.83. The number of para-hydroxylation sites is 1. The van der Waals surface area contributed by atoms with E-state index in [1.165, 1.54) is 29.1 Å². The minimum absolute atomic E-state index is 0.178. The minimum Gasteiger partial charge on any atom is -0.308 e. The van der Waals surface area contributed by atoms with Crippen molar-refractivity contribution in [3.05, 3.63) is 84.6 Å². The molecule has 5 aromatic rings. The van der Waals surface area contributed by atoms with Gasteiger partial charge in [0.2, 0.25) is 0 Å². The van der Waals surface area contributed by atoms with E-state index in [9.17, 15) is 17.6 Å². The molecule has 166 valence electrons. The normalized spacial score (nSPS) is 11.7. The molecule has 0 bridgehead atoms. The number of fused-ring (bicyclic) bond motifs is 1. The SMILES string of the molecule is CS(=O)(=O)c1ccc2nc(NC(=O)c3cnn(-c4ccccc4F)c3-n3cccc3)sc2c1. The van der Waals surface area contributed by atoms with Gasteiger partial charge in [0.15, 0.2) is 20.8 Å². The number of hydrogen-bond donors (Lipinski definition) is 1. The Balaban J connectivity index is 1.54. The molecule has 1 amide bonds. The molecule has 0 unspecified atom stereocenters. The van der Waals surface area contributed by atoms with Crippen LogP contribution >= 0.6 is 11.3 Å². The second-order valence-corrected chi connectivity index (χ2v) is 10.3. The fourth-order valence-electron chi connectivity index (χ4n) is 3.38. The van der Waals surface area contributed by atoms with Crippen molar-refractivity contribution in [2.45, 2.75) is 4.90 Å². The van der Waals surface area contributed by atoms with Crippen molar-refractivity contribution in [3.8, 4) is 11.5 Å². The zero-order valence-corrected chi connectivity index (χ0v) is 18.8. The molecule has 1 N–H and O–H groups in total. The van der Waals surface area contributed by atoms with Crippen molar-refractivity contribution in [1.82, 2.24) is 19.3 Å². The number of aromatic nitrogens is 4. The zero-order chi connectivity index (χ0) is 23.2. The van der Waals surface area contributed by atoms with Crippen LogP contribution in [0.3, 0.4) is 0 Å². The monoisotopic (exact) mass is 481 g/mol. The summed E-state index contributed by atoms with van der Waals surface area (Å²) in [5.41, 5.74) is 0.981. The molecule has 2 aromatic carbocycles. The number of carbonyl (C=O) groups is 1. The Morgan fingerprint density at radius 3 is 2.58 bits per heavy atom. The van der Waals surface area contributed by atoms with Crippen LogP contribution in [0.15, 0.2) is 78.1 Å². The van der Waals surface area contributed by atoms with Gasteiger partial charge in [-0.2, -0.15) is 5.10 Å². The summed E-state index contributed by atoms with van der Waals surface area (Å²) in [4.78, 5) is 17.7. The van der Waals surface area contributed by atoms with E-state index in [0.717, 1.165) is 17.6 Å². The fourth-order valence-corrected chi connectivity index (χ4v) is 5.00.